The number of halogens is 2. The first-order chi connectivity index (χ1) is 10.5. The van der Waals surface area contributed by atoms with Gasteiger partial charge in [0.05, 0.1) is 17.7 Å². The van der Waals surface area contributed by atoms with Crippen LogP contribution in [0.5, 0.6) is 0 Å². The number of hydrogen-bond acceptors (Lipinski definition) is 5. The summed E-state index contributed by atoms with van der Waals surface area (Å²) >= 11 is 5.68. The molecule has 2 rings (SSSR count). The second-order valence-corrected chi connectivity index (χ2v) is 5.18. The van der Waals surface area contributed by atoms with Gasteiger partial charge in [0, 0.05) is 23.9 Å². The van der Waals surface area contributed by atoms with E-state index in [9.17, 15) is 9.50 Å². The summed E-state index contributed by atoms with van der Waals surface area (Å²) in [5, 5.41) is 21.2. The maximum atomic E-state index is 13.6. The fourth-order valence-electron chi connectivity index (χ4n) is 1.82. The third-order valence-electron chi connectivity index (χ3n) is 3.05. The Kier molecular flexibility index (Phi) is 5.65. The van der Waals surface area contributed by atoms with Gasteiger partial charge in [-0.3, -0.25) is 0 Å². The average molecular weight is 326 g/mol. The number of aliphatic hydroxyl groups is 2. The molecular weight excluding hydrogens is 309 g/mol. The first kappa shape index (κ1) is 16.6. The Morgan fingerprint density at radius 1 is 1.32 bits per heavy atom. The molecule has 0 aliphatic heterocycles. The number of anilines is 1. The van der Waals surface area contributed by atoms with E-state index >= 15 is 0 Å². The second-order valence-electron chi connectivity index (χ2n) is 4.77. The Morgan fingerprint density at radius 2 is 2.09 bits per heavy atom. The van der Waals surface area contributed by atoms with Crippen molar-refractivity contribution in [3.05, 3.63) is 40.8 Å². The van der Waals surface area contributed by atoms with Crippen molar-refractivity contribution in [3.8, 4) is 11.4 Å². The predicted octanol–water partition coefficient (Wildman–Crippen LogP) is 2.26. The zero-order chi connectivity index (χ0) is 16.1. The molecule has 0 saturated heterocycles. The average Bonchev–Trinajstić information content (AvgIpc) is 2.54. The standard InChI is InChI=1S/C15H17ClFN3O2/c1-2-10-6-14(18-7-11(22)8-21)20-15(19-10)9-3-4-12(16)13(17)5-9/h3-6,11,21-22H,2,7-8H2,1H3,(H,18,19,20)/t11-/m1/s1. The van der Waals surface area contributed by atoms with Crippen LogP contribution in [0.2, 0.25) is 5.02 Å². The molecule has 3 N–H and O–H groups in total. The maximum Gasteiger partial charge on any atom is 0.161 e. The monoisotopic (exact) mass is 325 g/mol. The van der Waals surface area contributed by atoms with Crippen LogP contribution in [0, 0.1) is 5.82 Å². The Balaban J connectivity index is 2.32. The van der Waals surface area contributed by atoms with Crippen molar-refractivity contribution in [1.29, 1.82) is 0 Å². The van der Waals surface area contributed by atoms with Gasteiger partial charge in [-0.25, -0.2) is 14.4 Å². The Bertz CT molecular complexity index is 655. The number of benzene rings is 1. The van der Waals surface area contributed by atoms with Crippen molar-refractivity contribution < 1.29 is 14.6 Å². The van der Waals surface area contributed by atoms with Gasteiger partial charge in [0.15, 0.2) is 5.82 Å². The lowest BCUT2D eigenvalue weighted by atomic mass is 10.2. The minimum absolute atomic E-state index is 0.0415. The van der Waals surface area contributed by atoms with Crippen LogP contribution >= 0.6 is 11.6 Å². The number of aromatic nitrogens is 2. The van der Waals surface area contributed by atoms with E-state index in [1.165, 1.54) is 12.1 Å². The van der Waals surface area contributed by atoms with Gasteiger partial charge in [-0.2, -0.15) is 0 Å². The highest BCUT2D eigenvalue weighted by Gasteiger charge is 2.10. The highest BCUT2D eigenvalue weighted by molar-refractivity contribution is 6.30. The first-order valence-corrected chi connectivity index (χ1v) is 7.27. The van der Waals surface area contributed by atoms with E-state index in [1.54, 1.807) is 12.1 Å². The number of nitrogens with one attached hydrogen (secondary N) is 1. The number of aryl methyl sites for hydroxylation is 1. The summed E-state index contributed by atoms with van der Waals surface area (Å²) < 4.78 is 13.6. The summed E-state index contributed by atoms with van der Waals surface area (Å²) in [7, 11) is 0. The topological polar surface area (TPSA) is 78.3 Å². The molecule has 0 bridgehead atoms. The van der Waals surface area contributed by atoms with Gasteiger partial charge >= 0.3 is 0 Å². The molecule has 0 spiro atoms. The Morgan fingerprint density at radius 3 is 2.73 bits per heavy atom. The van der Waals surface area contributed by atoms with Crippen LogP contribution in [0.25, 0.3) is 11.4 Å². The minimum atomic E-state index is -0.878. The molecule has 0 unspecified atom stereocenters. The molecule has 2 aromatic rings. The molecule has 0 amide bonds. The van der Waals surface area contributed by atoms with E-state index < -0.39 is 11.9 Å². The summed E-state index contributed by atoms with van der Waals surface area (Å²) in [5.74, 6) is 0.343. The number of rotatable bonds is 6. The van der Waals surface area contributed by atoms with E-state index in [0.717, 1.165) is 5.69 Å². The third-order valence-corrected chi connectivity index (χ3v) is 3.36. The molecule has 7 heteroatoms. The molecule has 22 heavy (non-hydrogen) atoms. The van der Waals surface area contributed by atoms with Gasteiger partial charge in [0.25, 0.3) is 0 Å². The summed E-state index contributed by atoms with van der Waals surface area (Å²) in [6.07, 6.45) is -0.195. The summed E-state index contributed by atoms with van der Waals surface area (Å²) in [4.78, 5) is 8.67. The molecule has 0 saturated carbocycles. The van der Waals surface area contributed by atoms with Crippen molar-refractivity contribution in [3.63, 3.8) is 0 Å². The first-order valence-electron chi connectivity index (χ1n) is 6.89. The van der Waals surface area contributed by atoms with Gasteiger partial charge in [-0.05, 0) is 24.6 Å². The molecule has 1 aromatic heterocycles. The Hall–Kier alpha value is -1.76. The van der Waals surface area contributed by atoms with Crippen LogP contribution in [0.1, 0.15) is 12.6 Å². The van der Waals surface area contributed by atoms with Crippen molar-refractivity contribution in [2.75, 3.05) is 18.5 Å². The van der Waals surface area contributed by atoms with Gasteiger partial charge in [0.1, 0.15) is 11.6 Å². The summed E-state index contributed by atoms with van der Waals surface area (Å²) in [6.45, 7) is 1.76. The summed E-state index contributed by atoms with van der Waals surface area (Å²) in [5.41, 5.74) is 1.30. The molecule has 0 radical (unpaired) electrons. The van der Waals surface area contributed by atoms with E-state index in [-0.39, 0.29) is 18.2 Å². The van der Waals surface area contributed by atoms with Crippen LogP contribution in [-0.4, -0.2) is 39.4 Å². The fourth-order valence-corrected chi connectivity index (χ4v) is 1.94. The molecule has 1 aromatic carbocycles. The molecule has 1 atom stereocenters. The maximum absolute atomic E-state index is 13.6. The van der Waals surface area contributed by atoms with E-state index in [1.807, 2.05) is 6.92 Å². The van der Waals surface area contributed by atoms with Gasteiger partial charge in [-0.1, -0.05) is 18.5 Å². The van der Waals surface area contributed by atoms with E-state index in [4.69, 9.17) is 16.7 Å². The van der Waals surface area contributed by atoms with Crippen molar-refractivity contribution in [2.45, 2.75) is 19.4 Å². The predicted molar refractivity (Wildman–Crippen MR) is 83.4 cm³/mol. The van der Waals surface area contributed by atoms with E-state index in [0.29, 0.717) is 23.6 Å². The molecule has 5 nitrogen and oxygen atoms in total. The lowest BCUT2D eigenvalue weighted by molar-refractivity contribution is 0.105. The number of nitrogens with zero attached hydrogens (tertiary/aromatic N) is 2. The normalized spacial score (nSPS) is 12.2. The van der Waals surface area contributed by atoms with Crippen LogP contribution in [-0.2, 0) is 6.42 Å². The van der Waals surface area contributed by atoms with Crippen LogP contribution in [0.4, 0.5) is 10.2 Å². The highest BCUT2D eigenvalue weighted by Crippen LogP contribution is 2.23. The molecule has 0 fully saturated rings. The van der Waals surface area contributed by atoms with Crippen LogP contribution < -0.4 is 5.32 Å². The lowest BCUT2D eigenvalue weighted by Crippen LogP contribution is -2.23. The molecule has 0 aliphatic rings. The SMILES string of the molecule is CCc1cc(NC[C@@H](O)CO)nc(-c2ccc(Cl)c(F)c2)n1. The van der Waals surface area contributed by atoms with Gasteiger partial charge in [0.2, 0.25) is 0 Å². The second kappa shape index (κ2) is 7.49. The Labute approximate surface area is 132 Å². The third kappa shape index (κ3) is 4.13. The largest absolute Gasteiger partial charge is 0.394 e. The lowest BCUT2D eigenvalue weighted by Gasteiger charge is -2.12. The molecule has 0 aliphatic carbocycles. The smallest absolute Gasteiger partial charge is 0.161 e. The number of hydrogen-bond donors (Lipinski definition) is 3. The zero-order valence-corrected chi connectivity index (χ0v) is 12.8. The van der Waals surface area contributed by atoms with Gasteiger partial charge < -0.3 is 15.5 Å². The molecule has 118 valence electrons. The van der Waals surface area contributed by atoms with Gasteiger partial charge in [-0.15, -0.1) is 0 Å². The van der Waals surface area contributed by atoms with Crippen LogP contribution in [0.15, 0.2) is 24.3 Å². The van der Waals surface area contributed by atoms with Crippen LogP contribution in [0.3, 0.4) is 0 Å². The molecule has 1 heterocycles. The molecular formula is C15H17ClFN3O2. The van der Waals surface area contributed by atoms with E-state index in [2.05, 4.69) is 15.3 Å². The van der Waals surface area contributed by atoms with Crippen molar-refractivity contribution in [2.24, 2.45) is 0 Å². The number of aliphatic hydroxyl groups excluding tert-OH is 2. The zero-order valence-electron chi connectivity index (χ0n) is 12.1. The highest BCUT2D eigenvalue weighted by atomic mass is 35.5. The van der Waals surface area contributed by atoms with Crippen molar-refractivity contribution in [1.82, 2.24) is 9.97 Å². The fraction of sp³-hybridized carbons (Fsp3) is 0.333. The summed E-state index contributed by atoms with van der Waals surface area (Å²) in [6, 6.07) is 6.13. The van der Waals surface area contributed by atoms with Crippen molar-refractivity contribution >= 4 is 17.4 Å². The minimum Gasteiger partial charge on any atom is -0.394 e. The quantitative estimate of drug-likeness (QED) is 0.759.